The van der Waals surface area contributed by atoms with Gasteiger partial charge < -0.3 is 14.2 Å². The number of likely N-dealkylation sites (tertiary alicyclic amines) is 1. The van der Waals surface area contributed by atoms with Crippen LogP contribution in [0.2, 0.25) is 0 Å². The zero-order valence-corrected chi connectivity index (χ0v) is 17.3. The van der Waals surface area contributed by atoms with E-state index in [1.807, 2.05) is 0 Å². The van der Waals surface area contributed by atoms with Gasteiger partial charge in [0, 0.05) is 25.7 Å². The normalized spacial score (nSPS) is 19.4. The van der Waals surface area contributed by atoms with Crippen LogP contribution in [0.4, 0.5) is 0 Å². The van der Waals surface area contributed by atoms with Crippen LogP contribution in [0.15, 0.2) is 47.3 Å². The number of rotatable bonds is 6. The molecule has 0 radical (unpaired) electrons. The van der Waals surface area contributed by atoms with Crippen LogP contribution in [0.1, 0.15) is 66.9 Å². The standard InChI is InChI=1S/C24H30N2O3/c1-17(2)19-7-5-18(6-8-19)14-26(22-9-10-22)24(28)20-4-3-12-25(15-20)23(27)21-11-13-29-16-21/h5-8,11,13,16-17,20,22H,3-4,9-10,12,14-15H2,1-2H3. The third-order valence-electron chi connectivity index (χ3n) is 6.10. The summed E-state index contributed by atoms with van der Waals surface area (Å²) in [5.74, 6) is 0.546. The van der Waals surface area contributed by atoms with Gasteiger partial charge in [-0.2, -0.15) is 0 Å². The van der Waals surface area contributed by atoms with E-state index in [0.717, 1.165) is 25.7 Å². The predicted octanol–water partition coefficient (Wildman–Crippen LogP) is 4.45. The van der Waals surface area contributed by atoms with E-state index >= 15 is 0 Å². The van der Waals surface area contributed by atoms with Crippen LogP contribution >= 0.6 is 0 Å². The molecule has 1 unspecified atom stereocenters. The highest BCUT2D eigenvalue weighted by Gasteiger charge is 2.38. The van der Waals surface area contributed by atoms with Gasteiger partial charge in [-0.25, -0.2) is 0 Å². The van der Waals surface area contributed by atoms with E-state index in [1.54, 1.807) is 11.0 Å². The number of hydrogen-bond acceptors (Lipinski definition) is 3. The molecule has 1 aliphatic heterocycles. The molecule has 5 nitrogen and oxygen atoms in total. The lowest BCUT2D eigenvalue weighted by Crippen LogP contribution is -2.47. The van der Waals surface area contributed by atoms with Crippen molar-refractivity contribution in [3.63, 3.8) is 0 Å². The summed E-state index contributed by atoms with van der Waals surface area (Å²) in [6, 6.07) is 10.7. The predicted molar refractivity (Wildman–Crippen MR) is 111 cm³/mol. The Balaban J connectivity index is 1.43. The molecule has 29 heavy (non-hydrogen) atoms. The van der Waals surface area contributed by atoms with Crippen LogP contribution in [0.25, 0.3) is 0 Å². The number of carbonyl (C=O) groups is 2. The van der Waals surface area contributed by atoms with Gasteiger partial charge in [-0.1, -0.05) is 38.1 Å². The summed E-state index contributed by atoms with van der Waals surface area (Å²) in [6.07, 6.45) is 6.87. The molecule has 2 aliphatic rings. The Kier molecular flexibility index (Phi) is 5.74. The number of carbonyl (C=O) groups excluding carboxylic acids is 2. The van der Waals surface area contributed by atoms with Crippen LogP contribution in [-0.4, -0.2) is 40.7 Å². The lowest BCUT2D eigenvalue weighted by Gasteiger charge is -2.35. The molecule has 1 atom stereocenters. The van der Waals surface area contributed by atoms with Gasteiger partial charge in [0.25, 0.3) is 5.91 Å². The van der Waals surface area contributed by atoms with Crippen LogP contribution in [0.3, 0.4) is 0 Å². The van der Waals surface area contributed by atoms with Gasteiger partial charge in [-0.05, 0) is 48.8 Å². The zero-order chi connectivity index (χ0) is 20.4. The van der Waals surface area contributed by atoms with Crippen molar-refractivity contribution in [3.05, 3.63) is 59.5 Å². The highest BCUT2D eigenvalue weighted by molar-refractivity contribution is 5.94. The first-order valence-electron chi connectivity index (χ1n) is 10.7. The topological polar surface area (TPSA) is 53.8 Å². The molecule has 0 spiro atoms. The molecule has 1 aliphatic carbocycles. The first kappa shape index (κ1) is 19.7. The van der Waals surface area contributed by atoms with Crippen LogP contribution in [0, 0.1) is 5.92 Å². The van der Waals surface area contributed by atoms with E-state index in [0.29, 0.717) is 37.2 Å². The summed E-state index contributed by atoms with van der Waals surface area (Å²) in [7, 11) is 0. The maximum Gasteiger partial charge on any atom is 0.257 e. The molecule has 5 heteroatoms. The van der Waals surface area contributed by atoms with Crippen molar-refractivity contribution in [1.82, 2.24) is 9.80 Å². The Morgan fingerprint density at radius 1 is 1.14 bits per heavy atom. The Labute approximate surface area is 172 Å². The highest BCUT2D eigenvalue weighted by atomic mass is 16.3. The molecule has 4 rings (SSSR count). The smallest absolute Gasteiger partial charge is 0.257 e. The maximum atomic E-state index is 13.4. The molecule has 2 amide bonds. The molecular weight excluding hydrogens is 364 g/mol. The van der Waals surface area contributed by atoms with E-state index < -0.39 is 0 Å². The van der Waals surface area contributed by atoms with Gasteiger partial charge in [-0.15, -0.1) is 0 Å². The third-order valence-corrected chi connectivity index (χ3v) is 6.10. The van der Waals surface area contributed by atoms with E-state index in [2.05, 4.69) is 43.0 Å². The molecule has 2 aromatic rings. The third kappa shape index (κ3) is 4.55. The summed E-state index contributed by atoms with van der Waals surface area (Å²) < 4.78 is 5.05. The Hall–Kier alpha value is -2.56. The number of furan rings is 1. The number of amides is 2. The quantitative estimate of drug-likeness (QED) is 0.727. The van der Waals surface area contributed by atoms with Crippen LogP contribution < -0.4 is 0 Å². The average Bonchev–Trinajstić information content (AvgIpc) is 3.44. The Bertz CT molecular complexity index is 838. The summed E-state index contributed by atoms with van der Waals surface area (Å²) >= 11 is 0. The minimum Gasteiger partial charge on any atom is -0.472 e. The van der Waals surface area contributed by atoms with Crippen molar-refractivity contribution in [2.45, 2.75) is 58.0 Å². The lowest BCUT2D eigenvalue weighted by molar-refractivity contribution is -0.138. The molecule has 0 N–H and O–H groups in total. The Morgan fingerprint density at radius 3 is 2.52 bits per heavy atom. The fraction of sp³-hybridized carbons (Fsp3) is 0.500. The molecule has 2 heterocycles. The number of hydrogen-bond donors (Lipinski definition) is 0. The second-order valence-corrected chi connectivity index (χ2v) is 8.70. The summed E-state index contributed by atoms with van der Waals surface area (Å²) in [4.78, 5) is 29.9. The van der Waals surface area contributed by atoms with E-state index in [-0.39, 0.29) is 17.7 Å². The fourth-order valence-corrected chi connectivity index (χ4v) is 4.14. The van der Waals surface area contributed by atoms with Crippen molar-refractivity contribution in [2.24, 2.45) is 5.92 Å². The maximum absolute atomic E-state index is 13.4. The monoisotopic (exact) mass is 394 g/mol. The number of piperidine rings is 1. The molecule has 1 saturated heterocycles. The van der Waals surface area contributed by atoms with E-state index in [1.165, 1.54) is 23.7 Å². The van der Waals surface area contributed by atoms with Crippen LogP contribution in [-0.2, 0) is 11.3 Å². The minimum absolute atomic E-state index is 0.0431. The largest absolute Gasteiger partial charge is 0.472 e. The minimum atomic E-state index is -0.116. The zero-order valence-electron chi connectivity index (χ0n) is 17.3. The van der Waals surface area contributed by atoms with Gasteiger partial charge in [0.1, 0.15) is 6.26 Å². The molecule has 2 fully saturated rings. The molecule has 1 aromatic heterocycles. The first-order chi connectivity index (χ1) is 14.0. The van der Waals surface area contributed by atoms with Crippen molar-refractivity contribution >= 4 is 11.8 Å². The molecule has 1 saturated carbocycles. The van der Waals surface area contributed by atoms with Crippen molar-refractivity contribution in [1.29, 1.82) is 0 Å². The summed E-state index contributed by atoms with van der Waals surface area (Å²) in [5.41, 5.74) is 3.05. The lowest BCUT2D eigenvalue weighted by atomic mass is 9.95. The number of benzene rings is 1. The molecule has 1 aromatic carbocycles. The van der Waals surface area contributed by atoms with Gasteiger partial charge in [-0.3, -0.25) is 9.59 Å². The van der Waals surface area contributed by atoms with Crippen LogP contribution in [0.5, 0.6) is 0 Å². The number of nitrogens with zero attached hydrogens (tertiary/aromatic N) is 2. The van der Waals surface area contributed by atoms with Crippen molar-refractivity contribution < 1.29 is 14.0 Å². The van der Waals surface area contributed by atoms with Gasteiger partial charge in [0.05, 0.1) is 17.7 Å². The molecule has 0 bridgehead atoms. The molecular formula is C24H30N2O3. The summed E-state index contributed by atoms with van der Waals surface area (Å²) in [6.45, 7) is 6.24. The molecule has 154 valence electrons. The van der Waals surface area contributed by atoms with E-state index in [4.69, 9.17) is 4.42 Å². The van der Waals surface area contributed by atoms with Crippen molar-refractivity contribution in [2.75, 3.05) is 13.1 Å². The van der Waals surface area contributed by atoms with E-state index in [9.17, 15) is 9.59 Å². The Morgan fingerprint density at radius 2 is 1.90 bits per heavy atom. The highest BCUT2D eigenvalue weighted by Crippen LogP contribution is 2.32. The second kappa shape index (κ2) is 8.44. The fourth-order valence-electron chi connectivity index (χ4n) is 4.14. The second-order valence-electron chi connectivity index (χ2n) is 8.70. The summed E-state index contributed by atoms with van der Waals surface area (Å²) in [5, 5.41) is 0. The SMILES string of the molecule is CC(C)c1ccc(CN(C(=O)C2CCCN(C(=O)c3ccoc3)C2)C2CC2)cc1. The van der Waals surface area contributed by atoms with Gasteiger partial charge in [0.15, 0.2) is 0 Å². The van der Waals surface area contributed by atoms with Gasteiger partial charge in [0.2, 0.25) is 5.91 Å². The van der Waals surface area contributed by atoms with Crippen molar-refractivity contribution in [3.8, 4) is 0 Å². The van der Waals surface area contributed by atoms with Gasteiger partial charge >= 0.3 is 0 Å². The average molecular weight is 395 g/mol. The first-order valence-corrected chi connectivity index (χ1v) is 10.7.